The van der Waals surface area contributed by atoms with Gasteiger partial charge in [-0.2, -0.15) is 0 Å². The Morgan fingerprint density at radius 3 is 2.50 bits per heavy atom. The molecule has 0 aromatic heterocycles. The molecule has 4 nitrogen and oxygen atoms in total. The summed E-state index contributed by atoms with van der Waals surface area (Å²) in [6.45, 7) is 1.41. The SMILES string of the molecule is Cc1ccccc1C(CC(O)CO)C(=O)O. The minimum absolute atomic E-state index is 0.0245. The second-order valence-electron chi connectivity index (χ2n) is 3.82. The Labute approximate surface area is 94.2 Å². The highest BCUT2D eigenvalue weighted by Gasteiger charge is 2.24. The minimum atomic E-state index is -0.999. The fourth-order valence-electron chi connectivity index (χ4n) is 1.69. The first-order valence-electron chi connectivity index (χ1n) is 5.13. The van der Waals surface area contributed by atoms with Gasteiger partial charge < -0.3 is 15.3 Å². The Bertz CT molecular complexity index is 362. The number of aliphatic hydroxyl groups excluding tert-OH is 2. The van der Waals surface area contributed by atoms with Crippen molar-refractivity contribution in [2.24, 2.45) is 0 Å². The van der Waals surface area contributed by atoms with Crippen molar-refractivity contribution in [3.05, 3.63) is 35.4 Å². The van der Waals surface area contributed by atoms with E-state index in [1.807, 2.05) is 19.1 Å². The summed E-state index contributed by atoms with van der Waals surface area (Å²) in [6.07, 6.45) is -0.975. The molecule has 0 saturated carbocycles. The van der Waals surface area contributed by atoms with Gasteiger partial charge in [0.1, 0.15) is 0 Å². The van der Waals surface area contributed by atoms with Crippen LogP contribution in [0.2, 0.25) is 0 Å². The van der Waals surface area contributed by atoms with Gasteiger partial charge in [-0.05, 0) is 24.5 Å². The Balaban J connectivity index is 2.94. The lowest BCUT2D eigenvalue weighted by Gasteiger charge is -2.17. The van der Waals surface area contributed by atoms with E-state index >= 15 is 0 Å². The largest absolute Gasteiger partial charge is 0.481 e. The Kier molecular flexibility index (Phi) is 4.46. The average molecular weight is 224 g/mol. The van der Waals surface area contributed by atoms with Crippen molar-refractivity contribution in [1.29, 1.82) is 0 Å². The highest BCUT2D eigenvalue weighted by Crippen LogP contribution is 2.24. The van der Waals surface area contributed by atoms with Gasteiger partial charge in [0.2, 0.25) is 0 Å². The van der Waals surface area contributed by atoms with Crippen molar-refractivity contribution in [2.75, 3.05) is 6.61 Å². The molecule has 0 fully saturated rings. The van der Waals surface area contributed by atoms with E-state index in [0.29, 0.717) is 5.56 Å². The summed E-state index contributed by atoms with van der Waals surface area (Å²) in [5.41, 5.74) is 1.56. The van der Waals surface area contributed by atoms with Gasteiger partial charge in [-0.25, -0.2) is 0 Å². The average Bonchev–Trinajstić information content (AvgIpc) is 2.26. The van der Waals surface area contributed by atoms with Crippen LogP contribution in [0.3, 0.4) is 0 Å². The molecule has 1 aromatic rings. The maximum absolute atomic E-state index is 11.1. The Morgan fingerprint density at radius 2 is 2.00 bits per heavy atom. The van der Waals surface area contributed by atoms with E-state index in [4.69, 9.17) is 10.2 Å². The number of hydrogen-bond acceptors (Lipinski definition) is 3. The molecule has 2 unspecified atom stereocenters. The van der Waals surface area contributed by atoms with Crippen LogP contribution in [-0.4, -0.2) is 34.0 Å². The normalized spacial score (nSPS) is 14.4. The summed E-state index contributed by atoms with van der Waals surface area (Å²) in [4.78, 5) is 11.1. The van der Waals surface area contributed by atoms with Gasteiger partial charge in [-0.3, -0.25) is 4.79 Å². The number of aliphatic carboxylic acids is 1. The van der Waals surface area contributed by atoms with Crippen LogP contribution in [0.1, 0.15) is 23.5 Å². The quantitative estimate of drug-likeness (QED) is 0.694. The van der Waals surface area contributed by atoms with E-state index in [1.54, 1.807) is 12.1 Å². The lowest BCUT2D eigenvalue weighted by Crippen LogP contribution is -2.22. The van der Waals surface area contributed by atoms with E-state index in [0.717, 1.165) is 5.56 Å². The molecule has 88 valence electrons. The number of aliphatic hydroxyl groups is 2. The van der Waals surface area contributed by atoms with E-state index in [1.165, 1.54) is 0 Å². The molecule has 0 aliphatic rings. The number of benzene rings is 1. The molecule has 1 rings (SSSR count). The summed E-state index contributed by atoms with van der Waals surface area (Å²) < 4.78 is 0. The van der Waals surface area contributed by atoms with Crippen molar-refractivity contribution >= 4 is 5.97 Å². The minimum Gasteiger partial charge on any atom is -0.481 e. The van der Waals surface area contributed by atoms with Crippen LogP contribution in [0.15, 0.2) is 24.3 Å². The number of carboxylic acid groups (broad SMARTS) is 1. The molecule has 0 amide bonds. The predicted octanol–water partition coefficient (Wildman–Crippen LogP) is 0.907. The van der Waals surface area contributed by atoms with Gasteiger partial charge in [-0.15, -0.1) is 0 Å². The van der Waals surface area contributed by atoms with Crippen LogP contribution in [0.5, 0.6) is 0 Å². The smallest absolute Gasteiger partial charge is 0.311 e. The van der Waals surface area contributed by atoms with Crippen LogP contribution in [0.4, 0.5) is 0 Å². The van der Waals surface area contributed by atoms with Gasteiger partial charge in [0, 0.05) is 0 Å². The van der Waals surface area contributed by atoms with Gasteiger partial charge in [0.05, 0.1) is 18.6 Å². The van der Waals surface area contributed by atoms with Crippen molar-refractivity contribution in [3.8, 4) is 0 Å². The maximum Gasteiger partial charge on any atom is 0.311 e. The fourth-order valence-corrected chi connectivity index (χ4v) is 1.69. The highest BCUT2D eigenvalue weighted by molar-refractivity contribution is 5.76. The van der Waals surface area contributed by atoms with Crippen LogP contribution in [0.25, 0.3) is 0 Å². The lowest BCUT2D eigenvalue weighted by atomic mass is 9.90. The Hall–Kier alpha value is -1.39. The monoisotopic (exact) mass is 224 g/mol. The summed E-state index contributed by atoms with van der Waals surface area (Å²) in [5, 5.41) is 27.2. The zero-order chi connectivity index (χ0) is 12.1. The van der Waals surface area contributed by atoms with Gasteiger partial charge in [0.25, 0.3) is 0 Å². The zero-order valence-corrected chi connectivity index (χ0v) is 9.13. The van der Waals surface area contributed by atoms with Crippen molar-refractivity contribution in [2.45, 2.75) is 25.4 Å². The molecule has 0 saturated heterocycles. The van der Waals surface area contributed by atoms with Gasteiger partial charge in [0.15, 0.2) is 0 Å². The summed E-state index contributed by atoms with van der Waals surface area (Å²) in [5.74, 6) is -1.76. The fraction of sp³-hybridized carbons (Fsp3) is 0.417. The predicted molar refractivity (Wildman–Crippen MR) is 59.3 cm³/mol. The molecular weight excluding hydrogens is 208 g/mol. The van der Waals surface area contributed by atoms with E-state index in [9.17, 15) is 9.90 Å². The van der Waals surface area contributed by atoms with Gasteiger partial charge >= 0.3 is 5.97 Å². The molecule has 0 aliphatic carbocycles. The number of rotatable bonds is 5. The first-order chi connectivity index (χ1) is 7.56. The van der Waals surface area contributed by atoms with Crippen molar-refractivity contribution < 1.29 is 20.1 Å². The molecule has 0 bridgehead atoms. The van der Waals surface area contributed by atoms with Crippen LogP contribution < -0.4 is 0 Å². The summed E-state index contributed by atoms with van der Waals surface area (Å²) in [7, 11) is 0. The summed E-state index contributed by atoms with van der Waals surface area (Å²) >= 11 is 0. The number of hydrogen-bond donors (Lipinski definition) is 3. The molecule has 1 aromatic carbocycles. The van der Waals surface area contributed by atoms with Crippen LogP contribution in [0, 0.1) is 6.92 Å². The van der Waals surface area contributed by atoms with E-state index < -0.39 is 24.6 Å². The molecule has 4 heteroatoms. The molecule has 16 heavy (non-hydrogen) atoms. The van der Waals surface area contributed by atoms with E-state index in [2.05, 4.69) is 0 Å². The van der Waals surface area contributed by atoms with Gasteiger partial charge in [-0.1, -0.05) is 24.3 Å². The molecule has 0 aliphatic heterocycles. The lowest BCUT2D eigenvalue weighted by molar-refractivity contribution is -0.139. The first-order valence-corrected chi connectivity index (χ1v) is 5.13. The van der Waals surface area contributed by atoms with Crippen molar-refractivity contribution in [1.82, 2.24) is 0 Å². The molecule has 0 radical (unpaired) electrons. The third-order valence-electron chi connectivity index (χ3n) is 2.58. The third-order valence-corrected chi connectivity index (χ3v) is 2.58. The molecule has 3 N–H and O–H groups in total. The number of aryl methyl sites for hydroxylation is 1. The Morgan fingerprint density at radius 1 is 1.38 bits per heavy atom. The van der Waals surface area contributed by atoms with E-state index in [-0.39, 0.29) is 6.42 Å². The standard InChI is InChI=1S/C12H16O4/c1-8-4-2-3-5-10(8)11(12(15)16)6-9(14)7-13/h2-5,9,11,13-14H,6-7H2,1H3,(H,15,16). The van der Waals surface area contributed by atoms with Crippen molar-refractivity contribution in [3.63, 3.8) is 0 Å². The van der Waals surface area contributed by atoms with Crippen LogP contribution in [-0.2, 0) is 4.79 Å². The molecular formula is C12H16O4. The molecule has 2 atom stereocenters. The number of carboxylic acids is 1. The third kappa shape index (κ3) is 3.05. The maximum atomic E-state index is 11.1. The first kappa shape index (κ1) is 12.7. The zero-order valence-electron chi connectivity index (χ0n) is 9.13. The van der Waals surface area contributed by atoms with Crippen LogP contribution >= 0.6 is 0 Å². The molecule has 0 spiro atoms. The second-order valence-corrected chi connectivity index (χ2v) is 3.82. The molecule has 0 heterocycles. The second kappa shape index (κ2) is 5.63. The topological polar surface area (TPSA) is 77.8 Å². The summed E-state index contributed by atoms with van der Waals surface area (Å²) in [6, 6.07) is 7.17. The highest BCUT2D eigenvalue weighted by atomic mass is 16.4. The number of carbonyl (C=O) groups is 1.